The molecule has 2 saturated carbocycles. The van der Waals surface area contributed by atoms with Gasteiger partial charge in [0.15, 0.2) is 11.6 Å². The van der Waals surface area contributed by atoms with Crippen LogP contribution in [-0.2, 0) is 14.3 Å². The van der Waals surface area contributed by atoms with Gasteiger partial charge in [-0.3, -0.25) is 4.79 Å². The molecule has 1 aliphatic heterocycles. The first-order valence-electron chi connectivity index (χ1n) is 13.7. The van der Waals surface area contributed by atoms with Crippen LogP contribution in [-0.4, -0.2) is 23.8 Å². The van der Waals surface area contributed by atoms with Crippen molar-refractivity contribution in [2.24, 2.45) is 46.3 Å². The Balaban J connectivity index is 1.39. The highest BCUT2D eigenvalue weighted by Gasteiger charge is 2.59. The molecule has 0 spiro atoms. The highest BCUT2D eigenvalue weighted by atomic mass is 16.7. The third kappa shape index (κ3) is 3.80. The third-order valence-corrected chi connectivity index (χ3v) is 10.9. The zero-order chi connectivity index (χ0) is 23.8. The summed E-state index contributed by atoms with van der Waals surface area (Å²) in [6, 6.07) is 0. The topological polar surface area (TPSA) is 35.5 Å². The lowest BCUT2D eigenvalue weighted by atomic mass is 9.48. The van der Waals surface area contributed by atoms with E-state index in [1.807, 2.05) is 6.08 Å². The Hall–Kier alpha value is -0.930. The van der Waals surface area contributed by atoms with Gasteiger partial charge in [0.05, 0.1) is 12.2 Å². The van der Waals surface area contributed by atoms with Crippen molar-refractivity contribution in [3.63, 3.8) is 0 Å². The summed E-state index contributed by atoms with van der Waals surface area (Å²) < 4.78 is 12.9. The van der Waals surface area contributed by atoms with Gasteiger partial charge >= 0.3 is 0 Å². The summed E-state index contributed by atoms with van der Waals surface area (Å²) in [5, 5.41) is 0. The van der Waals surface area contributed by atoms with Crippen molar-refractivity contribution in [3.05, 3.63) is 23.8 Å². The zero-order valence-electron chi connectivity index (χ0n) is 22.0. The van der Waals surface area contributed by atoms with Crippen LogP contribution in [0, 0.1) is 46.3 Å². The molecule has 0 aromatic rings. The van der Waals surface area contributed by atoms with Gasteiger partial charge in [0.25, 0.3) is 0 Å². The maximum absolute atomic E-state index is 12.1. The van der Waals surface area contributed by atoms with Crippen LogP contribution < -0.4 is 0 Å². The van der Waals surface area contributed by atoms with Gasteiger partial charge < -0.3 is 9.47 Å². The zero-order valence-corrected chi connectivity index (χ0v) is 22.0. The molecule has 0 amide bonds. The summed E-state index contributed by atoms with van der Waals surface area (Å²) in [5.41, 5.74) is 1.88. The Bertz CT molecular complexity index is 853. The lowest BCUT2D eigenvalue weighted by Crippen LogP contribution is -2.52. The minimum absolute atomic E-state index is 0.191. The average molecular weight is 455 g/mol. The van der Waals surface area contributed by atoms with E-state index in [1.165, 1.54) is 31.3 Å². The van der Waals surface area contributed by atoms with Gasteiger partial charge in [-0.25, -0.2) is 0 Å². The van der Waals surface area contributed by atoms with Crippen molar-refractivity contribution in [2.75, 3.05) is 0 Å². The van der Waals surface area contributed by atoms with Crippen molar-refractivity contribution < 1.29 is 14.3 Å². The second-order valence-corrected chi connectivity index (χ2v) is 13.4. The van der Waals surface area contributed by atoms with E-state index in [9.17, 15) is 4.79 Å². The van der Waals surface area contributed by atoms with E-state index in [1.54, 1.807) is 0 Å². The number of ketones is 1. The smallest absolute Gasteiger partial charge is 0.163 e. The Morgan fingerprint density at radius 1 is 0.939 bits per heavy atom. The standard InChI is InChI=1S/C30H46O3/c1-18(2)26-17-27(33-28(4,5)32-26)19(3)23-10-11-24-22-9-8-20-16-21(31)12-14-29(20,6)25(22)13-15-30(23,24)7/h8-9,16,18-19,22-27H,10-15,17H2,1-7H3/t19-,22-,23+,24-,25-,26-,27+,29-,30+/m0/s1. The first kappa shape index (κ1) is 23.8. The molecule has 0 unspecified atom stereocenters. The number of allylic oxidation sites excluding steroid dienone is 4. The summed E-state index contributed by atoms with van der Waals surface area (Å²) in [5.74, 6) is 3.70. The van der Waals surface area contributed by atoms with Crippen LogP contribution in [0.25, 0.3) is 0 Å². The summed E-state index contributed by atoms with van der Waals surface area (Å²) in [7, 11) is 0. The molecule has 3 heteroatoms. The van der Waals surface area contributed by atoms with Crippen LogP contribution >= 0.6 is 0 Å². The average Bonchev–Trinajstić information content (AvgIpc) is 3.09. The van der Waals surface area contributed by atoms with E-state index < -0.39 is 5.79 Å². The monoisotopic (exact) mass is 454 g/mol. The van der Waals surface area contributed by atoms with Crippen molar-refractivity contribution in [1.82, 2.24) is 0 Å². The second-order valence-electron chi connectivity index (χ2n) is 13.4. The van der Waals surface area contributed by atoms with Crippen LogP contribution in [0.3, 0.4) is 0 Å². The lowest BCUT2D eigenvalue weighted by molar-refractivity contribution is -0.317. The molecule has 33 heavy (non-hydrogen) atoms. The first-order valence-corrected chi connectivity index (χ1v) is 13.7. The van der Waals surface area contributed by atoms with Crippen molar-refractivity contribution in [1.29, 1.82) is 0 Å². The minimum Gasteiger partial charge on any atom is -0.347 e. The van der Waals surface area contributed by atoms with Gasteiger partial charge in [0.2, 0.25) is 0 Å². The Morgan fingerprint density at radius 3 is 2.39 bits per heavy atom. The first-order chi connectivity index (χ1) is 15.4. The van der Waals surface area contributed by atoms with Crippen molar-refractivity contribution >= 4 is 5.78 Å². The van der Waals surface area contributed by atoms with E-state index in [-0.39, 0.29) is 17.6 Å². The van der Waals surface area contributed by atoms with Crippen LogP contribution in [0.4, 0.5) is 0 Å². The molecule has 0 N–H and O–H groups in total. The molecular formula is C30H46O3. The van der Waals surface area contributed by atoms with Gasteiger partial charge in [-0.15, -0.1) is 0 Å². The molecular weight excluding hydrogens is 408 g/mol. The Kier molecular flexibility index (Phi) is 5.81. The van der Waals surface area contributed by atoms with Gasteiger partial charge in [-0.2, -0.15) is 0 Å². The molecule has 184 valence electrons. The predicted molar refractivity (Wildman–Crippen MR) is 133 cm³/mol. The third-order valence-electron chi connectivity index (χ3n) is 10.9. The summed E-state index contributed by atoms with van der Waals surface area (Å²) >= 11 is 0. The molecule has 5 aliphatic rings. The van der Waals surface area contributed by atoms with Crippen molar-refractivity contribution in [2.45, 2.75) is 111 Å². The fourth-order valence-electron chi connectivity index (χ4n) is 8.97. The molecule has 3 fully saturated rings. The highest BCUT2D eigenvalue weighted by Crippen LogP contribution is 2.66. The Labute approximate surface area is 201 Å². The number of carbonyl (C=O) groups is 1. The SMILES string of the molecule is CC(C)[C@@H]1C[C@H]([C@@H](C)[C@H]2CC[C@H]3[C@@H]4C=CC5=CC(=O)CC[C@]5(C)[C@H]4CC[C@]23C)OC(C)(C)O1. The highest BCUT2D eigenvalue weighted by molar-refractivity contribution is 5.92. The number of hydrogen-bond acceptors (Lipinski definition) is 3. The van der Waals surface area contributed by atoms with E-state index >= 15 is 0 Å². The molecule has 1 heterocycles. The molecule has 9 atom stereocenters. The number of hydrogen-bond donors (Lipinski definition) is 0. The summed E-state index contributed by atoms with van der Waals surface area (Å²) in [4.78, 5) is 12.1. The molecule has 0 aromatic heterocycles. The molecule has 0 bridgehead atoms. The van der Waals surface area contributed by atoms with E-state index in [0.29, 0.717) is 40.8 Å². The number of fused-ring (bicyclic) bond motifs is 5. The number of carbonyl (C=O) groups excluding carboxylic acids is 1. The second kappa shape index (κ2) is 8.05. The van der Waals surface area contributed by atoms with E-state index in [4.69, 9.17) is 9.47 Å². The molecule has 1 saturated heterocycles. The summed E-state index contributed by atoms with van der Waals surface area (Å²) in [6.07, 6.45) is 15.4. The van der Waals surface area contributed by atoms with Crippen LogP contribution in [0.2, 0.25) is 0 Å². The van der Waals surface area contributed by atoms with Crippen LogP contribution in [0.5, 0.6) is 0 Å². The predicted octanol–water partition coefficient (Wildman–Crippen LogP) is 7.11. The molecule has 3 nitrogen and oxygen atoms in total. The Morgan fingerprint density at radius 2 is 1.67 bits per heavy atom. The molecule has 5 rings (SSSR count). The minimum atomic E-state index is -0.495. The summed E-state index contributed by atoms with van der Waals surface area (Å²) in [6.45, 7) is 16.3. The molecule has 4 aliphatic carbocycles. The lowest BCUT2D eigenvalue weighted by Gasteiger charge is -2.57. The fraction of sp³-hybridized carbons (Fsp3) is 0.833. The van der Waals surface area contributed by atoms with E-state index in [0.717, 1.165) is 25.2 Å². The molecule has 0 radical (unpaired) electrons. The molecule has 0 aromatic carbocycles. The fourth-order valence-corrected chi connectivity index (χ4v) is 8.97. The largest absolute Gasteiger partial charge is 0.347 e. The quantitative estimate of drug-likeness (QED) is 0.456. The van der Waals surface area contributed by atoms with Crippen LogP contribution in [0.15, 0.2) is 23.8 Å². The number of rotatable bonds is 3. The van der Waals surface area contributed by atoms with Crippen LogP contribution in [0.1, 0.15) is 93.4 Å². The van der Waals surface area contributed by atoms with E-state index in [2.05, 4.69) is 60.6 Å². The number of ether oxygens (including phenoxy) is 2. The maximum atomic E-state index is 12.1. The van der Waals surface area contributed by atoms with Gasteiger partial charge in [-0.1, -0.05) is 46.8 Å². The van der Waals surface area contributed by atoms with Gasteiger partial charge in [0, 0.05) is 12.8 Å². The maximum Gasteiger partial charge on any atom is 0.163 e. The van der Waals surface area contributed by atoms with Gasteiger partial charge in [-0.05, 0) is 104 Å². The van der Waals surface area contributed by atoms with Crippen molar-refractivity contribution in [3.8, 4) is 0 Å². The van der Waals surface area contributed by atoms with Gasteiger partial charge in [0.1, 0.15) is 0 Å². The normalized spacial score (nSPS) is 47.5.